The average molecular weight is 639 g/mol. The first-order valence-electron chi connectivity index (χ1n) is 17.5. The molecule has 4 fully saturated rings. The van der Waals surface area contributed by atoms with E-state index in [2.05, 4.69) is 47.6 Å². The Morgan fingerprint density at radius 3 is 2.27 bits per heavy atom. The summed E-state index contributed by atoms with van der Waals surface area (Å²) in [5.41, 5.74) is -0.452. The molecule has 0 radical (unpaired) electrons. The van der Waals surface area contributed by atoms with Gasteiger partial charge in [-0.15, -0.1) is 0 Å². The maximum Gasteiger partial charge on any atom is 0.187 e. The van der Waals surface area contributed by atoms with Gasteiger partial charge < -0.3 is 45.2 Å². The van der Waals surface area contributed by atoms with Crippen molar-refractivity contribution in [2.24, 2.45) is 45.3 Å². The number of hydrogen-bond donors (Lipinski definition) is 7. The van der Waals surface area contributed by atoms with Crippen LogP contribution in [0.2, 0.25) is 0 Å². The molecule has 5 rings (SSSR count). The van der Waals surface area contributed by atoms with E-state index in [1.165, 1.54) is 5.57 Å². The minimum atomic E-state index is -1.48. The van der Waals surface area contributed by atoms with E-state index in [0.717, 1.165) is 25.7 Å². The van der Waals surface area contributed by atoms with Gasteiger partial charge in [-0.25, -0.2) is 0 Å². The zero-order valence-electron chi connectivity index (χ0n) is 28.8. The number of aliphatic hydroxyl groups is 7. The Morgan fingerprint density at radius 1 is 0.978 bits per heavy atom. The van der Waals surface area contributed by atoms with Crippen LogP contribution in [0.3, 0.4) is 0 Å². The summed E-state index contributed by atoms with van der Waals surface area (Å²) in [4.78, 5) is 0. The zero-order chi connectivity index (χ0) is 33.5. The molecule has 0 bridgehead atoms. The molecule has 260 valence electrons. The van der Waals surface area contributed by atoms with Crippen molar-refractivity contribution < 1.29 is 45.2 Å². The van der Waals surface area contributed by atoms with Gasteiger partial charge in [-0.2, -0.15) is 0 Å². The third-order valence-electron chi connectivity index (χ3n) is 14.4. The van der Waals surface area contributed by atoms with E-state index in [0.29, 0.717) is 25.7 Å². The lowest BCUT2D eigenvalue weighted by atomic mass is 9.38. The highest BCUT2D eigenvalue weighted by molar-refractivity contribution is 5.32. The van der Waals surface area contributed by atoms with Crippen molar-refractivity contribution in [3.63, 3.8) is 0 Å². The zero-order valence-corrected chi connectivity index (χ0v) is 28.8. The van der Waals surface area contributed by atoms with Crippen molar-refractivity contribution in [3.05, 3.63) is 11.6 Å². The molecular formula is C36H62O9. The predicted octanol–water partition coefficient (Wildman–Crippen LogP) is 3.30. The highest BCUT2D eigenvalue weighted by Crippen LogP contribution is 2.75. The van der Waals surface area contributed by atoms with E-state index < -0.39 is 60.5 Å². The number of aliphatic hydroxyl groups excluding tert-OH is 6. The van der Waals surface area contributed by atoms with Crippen molar-refractivity contribution >= 4 is 0 Å². The molecule has 1 saturated heterocycles. The standard InChI is InChI=1S/C36H62O9/c1-19(23(38)14-15-32(2,3)43)20-13-16-34(6)25-11-9-21-22(36(25,8)26(39)17-35(20,34)7)10-12-27(33(21,4)5)45-31-30(42)29(41)28(40)24(18-37)44-31/h9,19-20,22-31,37-43H,10-18H2,1-8H3/t19-,20+,22?,23?,24?,25-,26?,27?,28?,29?,30?,31?,34-,35+,36-/m0/s1. The molecule has 0 spiro atoms. The van der Waals surface area contributed by atoms with Crippen molar-refractivity contribution in [1.29, 1.82) is 0 Å². The monoisotopic (exact) mass is 638 g/mol. The molecule has 45 heavy (non-hydrogen) atoms. The molecule has 9 nitrogen and oxygen atoms in total. The first-order chi connectivity index (χ1) is 20.7. The summed E-state index contributed by atoms with van der Waals surface area (Å²) in [6.07, 6.45) is 0.737. The van der Waals surface area contributed by atoms with Gasteiger partial charge in [-0.05, 0) is 99.7 Å². The van der Waals surface area contributed by atoms with Crippen molar-refractivity contribution in [1.82, 2.24) is 0 Å². The van der Waals surface area contributed by atoms with Gasteiger partial charge in [0, 0.05) is 10.8 Å². The lowest BCUT2D eigenvalue weighted by Crippen LogP contribution is -2.65. The summed E-state index contributed by atoms with van der Waals surface area (Å²) in [7, 11) is 0. The molecule has 5 aliphatic rings. The Hall–Kier alpha value is -0.620. The van der Waals surface area contributed by atoms with Crippen LogP contribution in [-0.2, 0) is 9.47 Å². The minimum Gasteiger partial charge on any atom is -0.394 e. The van der Waals surface area contributed by atoms with Crippen molar-refractivity contribution in [3.8, 4) is 0 Å². The molecule has 1 aliphatic heterocycles. The quantitative estimate of drug-likeness (QED) is 0.198. The molecule has 0 aromatic rings. The van der Waals surface area contributed by atoms with Crippen LogP contribution in [0, 0.1) is 45.3 Å². The van der Waals surface area contributed by atoms with Crippen LogP contribution in [0.25, 0.3) is 0 Å². The van der Waals surface area contributed by atoms with Crippen LogP contribution in [0.5, 0.6) is 0 Å². The Labute approximate surface area is 270 Å². The van der Waals surface area contributed by atoms with E-state index >= 15 is 0 Å². The summed E-state index contributed by atoms with van der Waals surface area (Å²) in [6.45, 7) is 16.6. The lowest BCUT2D eigenvalue weighted by molar-refractivity contribution is -0.320. The topological polar surface area (TPSA) is 160 Å². The van der Waals surface area contributed by atoms with E-state index in [-0.39, 0.29) is 46.0 Å². The molecule has 0 amide bonds. The first-order valence-corrected chi connectivity index (χ1v) is 17.5. The van der Waals surface area contributed by atoms with Crippen LogP contribution in [0.1, 0.15) is 107 Å². The Bertz CT molecular complexity index is 1100. The fourth-order valence-electron chi connectivity index (χ4n) is 11.2. The number of fused-ring (bicyclic) bond motifs is 5. The summed E-state index contributed by atoms with van der Waals surface area (Å²) < 4.78 is 12.1. The van der Waals surface area contributed by atoms with Crippen LogP contribution in [0.15, 0.2) is 11.6 Å². The fraction of sp³-hybridized carbons (Fsp3) is 0.944. The second kappa shape index (κ2) is 12.1. The van der Waals surface area contributed by atoms with Crippen molar-refractivity contribution in [2.75, 3.05) is 6.61 Å². The van der Waals surface area contributed by atoms with E-state index in [4.69, 9.17) is 9.47 Å². The molecule has 9 heteroatoms. The predicted molar refractivity (Wildman–Crippen MR) is 170 cm³/mol. The van der Waals surface area contributed by atoms with Gasteiger partial charge >= 0.3 is 0 Å². The summed E-state index contributed by atoms with van der Waals surface area (Å²) in [6, 6.07) is 0. The molecule has 4 aliphatic carbocycles. The smallest absolute Gasteiger partial charge is 0.187 e. The number of hydrogen-bond acceptors (Lipinski definition) is 9. The van der Waals surface area contributed by atoms with Crippen LogP contribution >= 0.6 is 0 Å². The molecular weight excluding hydrogens is 576 g/mol. The van der Waals surface area contributed by atoms with Gasteiger partial charge in [-0.3, -0.25) is 0 Å². The third kappa shape index (κ3) is 5.58. The van der Waals surface area contributed by atoms with Gasteiger partial charge in [-0.1, -0.05) is 53.2 Å². The number of allylic oxidation sites excluding steroid dienone is 1. The SMILES string of the molecule is C[C@H](C(O)CCC(C)(C)O)[C@H]1CC[C@@]2(C)[C@@H]3CC=C4C(CCC(OC5OC(CO)C(O)C(O)C5O)C4(C)C)[C@]3(C)C(O)C[C@]12C. The van der Waals surface area contributed by atoms with Gasteiger partial charge in [0.05, 0.1) is 30.5 Å². The maximum absolute atomic E-state index is 12.2. The highest BCUT2D eigenvalue weighted by Gasteiger charge is 2.70. The Kier molecular flexibility index (Phi) is 9.56. The molecule has 1 heterocycles. The second-order valence-electron chi connectivity index (χ2n) is 17.5. The third-order valence-corrected chi connectivity index (χ3v) is 14.4. The molecule has 9 unspecified atom stereocenters. The van der Waals surface area contributed by atoms with Gasteiger partial charge in [0.25, 0.3) is 0 Å². The van der Waals surface area contributed by atoms with Gasteiger partial charge in [0.15, 0.2) is 6.29 Å². The molecule has 15 atom stereocenters. The van der Waals surface area contributed by atoms with Crippen LogP contribution in [-0.4, -0.2) is 97.0 Å². The number of ether oxygens (including phenoxy) is 2. The molecule has 7 N–H and O–H groups in total. The van der Waals surface area contributed by atoms with E-state index in [1.807, 2.05) is 0 Å². The van der Waals surface area contributed by atoms with E-state index in [9.17, 15) is 35.7 Å². The summed E-state index contributed by atoms with van der Waals surface area (Å²) in [5.74, 6) is 0.783. The molecule has 0 aromatic heterocycles. The fourth-order valence-corrected chi connectivity index (χ4v) is 11.2. The lowest BCUT2D eigenvalue weighted by Gasteiger charge is -2.67. The van der Waals surface area contributed by atoms with E-state index in [1.54, 1.807) is 13.8 Å². The second-order valence-corrected chi connectivity index (χ2v) is 17.5. The number of rotatable bonds is 8. The minimum absolute atomic E-state index is 0.00821. The normalized spacial score (nSPS) is 49.4. The largest absolute Gasteiger partial charge is 0.394 e. The van der Waals surface area contributed by atoms with Crippen LogP contribution in [0.4, 0.5) is 0 Å². The highest BCUT2D eigenvalue weighted by atomic mass is 16.7. The molecule has 0 aromatic carbocycles. The first kappa shape index (κ1) is 35.7. The summed E-state index contributed by atoms with van der Waals surface area (Å²) >= 11 is 0. The van der Waals surface area contributed by atoms with Crippen molar-refractivity contribution in [2.45, 2.75) is 161 Å². The Morgan fingerprint density at radius 2 is 1.64 bits per heavy atom. The average Bonchev–Trinajstić information content (AvgIpc) is 3.22. The molecule has 3 saturated carbocycles. The van der Waals surface area contributed by atoms with Gasteiger partial charge in [0.1, 0.15) is 24.4 Å². The van der Waals surface area contributed by atoms with Gasteiger partial charge in [0.2, 0.25) is 0 Å². The van der Waals surface area contributed by atoms with Crippen LogP contribution < -0.4 is 0 Å². The maximum atomic E-state index is 12.2. The summed E-state index contributed by atoms with van der Waals surface area (Å²) in [5, 5.41) is 74.6. The Balaban J connectivity index is 1.38.